The largest absolute Gasteiger partial charge is 0.356 e. The highest BCUT2D eigenvalue weighted by Crippen LogP contribution is 2.17. The molecule has 2 N–H and O–H groups in total. The molecular weight excluding hydrogens is 300 g/mol. The van der Waals surface area contributed by atoms with Crippen LogP contribution >= 0.6 is 23.8 Å². The van der Waals surface area contributed by atoms with Crippen molar-refractivity contribution in [3.05, 3.63) is 64.2 Å². The van der Waals surface area contributed by atoms with Gasteiger partial charge >= 0.3 is 0 Å². The summed E-state index contributed by atoms with van der Waals surface area (Å²) in [7, 11) is 0. The van der Waals surface area contributed by atoms with Crippen molar-refractivity contribution >= 4 is 34.6 Å². The summed E-state index contributed by atoms with van der Waals surface area (Å²) in [5, 5.41) is 7.84. The van der Waals surface area contributed by atoms with Crippen molar-refractivity contribution in [3.63, 3.8) is 0 Å². The molecule has 0 aliphatic rings. The fraction of sp³-hybridized carbons (Fsp3) is 0.235. The van der Waals surface area contributed by atoms with Gasteiger partial charge in [-0.05, 0) is 73.9 Å². The maximum Gasteiger partial charge on any atom is 0.171 e. The fourth-order valence-corrected chi connectivity index (χ4v) is 2.44. The average molecular weight is 319 g/mol. The van der Waals surface area contributed by atoms with Crippen LogP contribution in [0, 0.1) is 13.8 Å². The Kier molecular flexibility index (Phi) is 5.21. The summed E-state index contributed by atoms with van der Waals surface area (Å²) >= 11 is 11.3. The van der Waals surface area contributed by atoms with E-state index in [1.807, 2.05) is 30.3 Å². The molecule has 0 aliphatic carbocycles. The van der Waals surface area contributed by atoms with E-state index in [0.29, 0.717) is 5.11 Å². The summed E-state index contributed by atoms with van der Waals surface area (Å²) in [6.07, 6.45) is 0. The van der Waals surface area contributed by atoms with Crippen LogP contribution in [0.2, 0.25) is 5.02 Å². The molecule has 2 aromatic carbocycles. The minimum absolute atomic E-state index is 0.119. The van der Waals surface area contributed by atoms with Gasteiger partial charge in [-0.1, -0.05) is 29.8 Å². The molecule has 1 atom stereocenters. The van der Waals surface area contributed by atoms with Gasteiger partial charge in [0.15, 0.2) is 5.11 Å². The first-order chi connectivity index (χ1) is 9.95. The second kappa shape index (κ2) is 6.92. The van der Waals surface area contributed by atoms with E-state index in [0.717, 1.165) is 16.3 Å². The molecule has 0 fully saturated rings. The van der Waals surface area contributed by atoms with Crippen molar-refractivity contribution in [2.24, 2.45) is 0 Å². The second-order valence-electron chi connectivity index (χ2n) is 5.17. The number of hydrogen-bond acceptors (Lipinski definition) is 1. The first kappa shape index (κ1) is 15.8. The van der Waals surface area contributed by atoms with Crippen molar-refractivity contribution in [1.82, 2.24) is 5.32 Å². The van der Waals surface area contributed by atoms with E-state index in [4.69, 9.17) is 23.8 Å². The van der Waals surface area contributed by atoms with Crippen molar-refractivity contribution < 1.29 is 0 Å². The number of nitrogens with one attached hydrogen (secondary N) is 2. The van der Waals surface area contributed by atoms with Gasteiger partial charge in [0.05, 0.1) is 6.04 Å². The molecule has 0 aliphatic heterocycles. The van der Waals surface area contributed by atoms with E-state index < -0.39 is 0 Å². The molecule has 0 spiro atoms. The van der Waals surface area contributed by atoms with Crippen molar-refractivity contribution in [1.29, 1.82) is 0 Å². The Balaban J connectivity index is 1.97. The van der Waals surface area contributed by atoms with E-state index >= 15 is 0 Å². The van der Waals surface area contributed by atoms with Crippen LogP contribution in [0.4, 0.5) is 5.69 Å². The molecule has 0 unspecified atom stereocenters. The van der Waals surface area contributed by atoms with E-state index in [-0.39, 0.29) is 6.04 Å². The molecule has 0 aromatic heterocycles. The Hall–Kier alpha value is -1.58. The van der Waals surface area contributed by atoms with Crippen molar-refractivity contribution in [2.45, 2.75) is 26.8 Å². The van der Waals surface area contributed by atoms with Crippen LogP contribution < -0.4 is 10.6 Å². The van der Waals surface area contributed by atoms with Crippen LogP contribution in [0.3, 0.4) is 0 Å². The van der Waals surface area contributed by atoms with Gasteiger partial charge in [-0.3, -0.25) is 0 Å². The lowest BCUT2D eigenvalue weighted by Gasteiger charge is -2.18. The third-order valence-corrected chi connectivity index (χ3v) is 3.95. The van der Waals surface area contributed by atoms with Gasteiger partial charge in [-0.15, -0.1) is 0 Å². The number of anilines is 1. The molecule has 2 rings (SSSR count). The summed E-state index contributed by atoms with van der Waals surface area (Å²) < 4.78 is 0. The van der Waals surface area contributed by atoms with Gasteiger partial charge in [-0.25, -0.2) is 0 Å². The average Bonchev–Trinajstić information content (AvgIpc) is 2.43. The van der Waals surface area contributed by atoms with E-state index in [9.17, 15) is 0 Å². The Labute approximate surface area is 136 Å². The van der Waals surface area contributed by atoms with Gasteiger partial charge < -0.3 is 10.6 Å². The molecule has 0 saturated carbocycles. The highest BCUT2D eigenvalue weighted by molar-refractivity contribution is 7.80. The molecule has 0 amide bonds. The van der Waals surface area contributed by atoms with E-state index in [2.05, 4.69) is 43.5 Å². The SMILES string of the molecule is Cc1ccc(NC(=S)N[C@@H](C)c2ccc(Cl)cc2)cc1C. The number of halogens is 1. The van der Waals surface area contributed by atoms with Gasteiger partial charge in [0.25, 0.3) is 0 Å². The normalized spacial score (nSPS) is 11.8. The van der Waals surface area contributed by atoms with E-state index in [1.165, 1.54) is 11.1 Å². The Bertz CT molecular complexity index is 638. The number of thiocarbonyl (C=S) groups is 1. The summed E-state index contributed by atoms with van der Waals surface area (Å²) in [6.45, 7) is 6.25. The van der Waals surface area contributed by atoms with Crippen molar-refractivity contribution in [2.75, 3.05) is 5.32 Å². The van der Waals surface area contributed by atoms with E-state index in [1.54, 1.807) is 0 Å². The molecule has 4 heteroatoms. The third-order valence-electron chi connectivity index (χ3n) is 3.48. The van der Waals surface area contributed by atoms with Crippen LogP contribution in [-0.2, 0) is 0 Å². The first-order valence-corrected chi connectivity index (χ1v) is 7.64. The number of hydrogen-bond donors (Lipinski definition) is 2. The van der Waals surface area contributed by atoms with Crippen LogP contribution in [0.1, 0.15) is 29.7 Å². The highest BCUT2D eigenvalue weighted by Gasteiger charge is 2.07. The molecular formula is C17H19ClN2S. The highest BCUT2D eigenvalue weighted by atomic mass is 35.5. The Morgan fingerprint density at radius 3 is 2.33 bits per heavy atom. The summed E-state index contributed by atoms with van der Waals surface area (Å²) in [5.41, 5.74) is 4.66. The maximum atomic E-state index is 5.90. The number of benzene rings is 2. The lowest BCUT2D eigenvalue weighted by Crippen LogP contribution is -2.30. The monoisotopic (exact) mass is 318 g/mol. The minimum Gasteiger partial charge on any atom is -0.356 e. The smallest absolute Gasteiger partial charge is 0.171 e. The van der Waals surface area contributed by atoms with Gasteiger partial charge in [0.1, 0.15) is 0 Å². The zero-order chi connectivity index (χ0) is 15.4. The Morgan fingerprint density at radius 1 is 1.05 bits per heavy atom. The molecule has 2 nitrogen and oxygen atoms in total. The lowest BCUT2D eigenvalue weighted by atomic mass is 10.1. The number of rotatable bonds is 3. The standard InChI is InChI=1S/C17H19ClN2S/c1-11-4-9-16(10-12(11)2)20-17(21)19-13(3)14-5-7-15(18)8-6-14/h4-10,13H,1-3H3,(H2,19,20,21)/t13-/m0/s1. The molecule has 0 saturated heterocycles. The fourth-order valence-electron chi connectivity index (χ4n) is 2.02. The molecule has 110 valence electrons. The van der Waals surface area contributed by atoms with Crippen LogP contribution in [0.5, 0.6) is 0 Å². The summed E-state index contributed by atoms with van der Waals surface area (Å²) in [4.78, 5) is 0. The second-order valence-corrected chi connectivity index (χ2v) is 6.02. The molecule has 21 heavy (non-hydrogen) atoms. The van der Waals surface area contributed by atoms with Crippen LogP contribution in [0.15, 0.2) is 42.5 Å². The molecule has 2 aromatic rings. The van der Waals surface area contributed by atoms with Gasteiger partial charge in [0, 0.05) is 10.7 Å². The van der Waals surface area contributed by atoms with Crippen LogP contribution in [-0.4, -0.2) is 5.11 Å². The number of aryl methyl sites for hydroxylation is 2. The topological polar surface area (TPSA) is 24.1 Å². The van der Waals surface area contributed by atoms with Crippen LogP contribution in [0.25, 0.3) is 0 Å². The zero-order valence-electron chi connectivity index (χ0n) is 12.4. The molecule has 0 bridgehead atoms. The minimum atomic E-state index is 0.119. The third kappa shape index (κ3) is 4.45. The maximum absolute atomic E-state index is 5.90. The lowest BCUT2D eigenvalue weighted by molar-refractivity contribution is 0.722. The Morgan fingerprint density at radius 2 is 1.71 bits per heavy atom. The van der Waals surface area contributed by atoms with Crippen molar-refractivity contribution in [3.8, 4) is 0 Å². The van der Waals surface area contributed by atoms with Gasteiger partial charge in [-0.2, -0.15) is 0 Å². The molecule has 0 heterocycles. The zero-order valence-corrected chi connectivity index (χ0v) is 14.0. The van der Waals surface area contributed by atoms with Gasteiger partial charge in [0.2, 0.25) is 0 Å². The summed E-state index contributed by atoms with van der Waals surface area (Å²) in [5.74, 6) is 0. The predicted octanol–water partition coefficient (Wildman–Crippen LogP) is 5.00. The quantitative estimate of drug-likeness (QED) is 0.778. The summed E-state index contributed by atoms with van der Waals surface area (Å²) in [6, 6.07) is 14.1. The first-order valence-electron chi connectivity index (χ1n) is 6.86. The predicted molar refractivity (Wildman–Crippen MR) is 95.1 cm³/mol. The molecule has 0 radical (unpaired) electrons.